The van der Waals surface area contributed by atoms with Gasteiger partial charge in [-0.2, -0.15) is 0 Å². The van der Waals surface area contributed by atoms with Crippen molar-refractivity contribution in [3.8, 4) is 11.3 Å². The minimum absolute atomic E-state index is 0.0479. The number of carbonyl (C=O) groups excluding carboxylic acids is 1. The fourth-order valence-electron chi connectivity index (χ4n) is 3.80. The molecule has 30 heavy (non-hydrogen) atoms. The van der Waals surface area contributed by atoms with Gasteiger partial charge in [0, 0.05) is 55.1 Å². The van der Waals surface area contributed by atoms with Crippen molar-refractivity contribution < 1.29 is 9.18 Å². The molecule has 1 aliphatic heterocycles. The summed E-state index contributed by atoms with van der Waals surface area (Å²) in [7, 11) is 0. The molecule has 1 fully saturated rings. The monoisotopic (exact) mass is 405 g/mol. The summed E-state index contributed by atoms with van der Waals surface area (Å²) in [4.78, 5) is 27.6. The molecule has 1 saturated heterocycles. The number of piperidine rings is 1. The zero-order chi connectivity index (χ0) is 21.1. The molecule has 1 amide bonds. The Balaban J connectivity index is 1.77. The maximum absolute atomic E-state index is 13.7. The van der Waals surface area contributed by atoms with Gasteiger partial charge in [-0.3, -0.25) is 9.78 Å². The number of pyridine rings is 1. The summed E-state index contributed by atoms with van der Waals surface area (Å²) in [6.45, 7) is 4.90. The number of carbonyl (C=O) groups is 1. The van der Waals surface area contributed by atoms with Crippen LogP contribution in [-0.2, 0) is 4.79 Å². The van der Waals surface area contributed by atoms with Crippen LogP contribution in [0.3, 0.4) is 0 Å². The average Bonchev–Trinajstić information content (AvgIpc) is 2.76. The lowest BCUT2D eigenvalue weighted by Gasteiger charge is -2.31. The number of nitrogens with one attached hydrogen (secondary N) is 1. The summed E-state index contributed by atoms with van der Waals surface area (Å²) < 4.78 is 13.7. The molecule has 0 bridgehead atoms. The van der Waals surface area contributed by atoms with Crippen molar-refractivity contribution in [1.82, 2.24) is 19.9 Å². The fraction of sp³-hybridized carbons (Fsp3) is 0.304. The summed E-state index contributed by atoms with van der Waals surface area (Å²) in [5, 5.41) is 3.24. The molecule has 3 aromatic rings. The predicted molar refractivity (Wildman–Crippen MR) is 114 cm³/mol. The van der Waals surface area contributed by atoms with E-state index in [1.807, 2.05) is 24.0 Å². The lowest BCUT2D eigenvalue weighted by atomic mass is 9.96. The van der Waals surface area contributed by atoms with Crippen molar-refractivity contribution in [3.05, 3.63) is 66.0 Å². The number of halogens is 1. The van der Waals surface area contributed by atoms with E-state index in [0.29, 0.717) is 23.9 Å². The van der Waals surface area contributed by atoms with Gasteiger partial charge in [-0.05, 0) is 50.1 Å². The molecule has 7 heteroatoms. The molecule has 154 valence electrons. The van der Waals surface area contributed by atoms with Gasteiger partial charge >= 0.3 is 0 Å². The molecule has 4 rings (SSSR count). The number of hydrogen-bond acceptors (Lipinski definition) is 5. The Labute approximate surface area is 175 Å². The Bertz CT molecular complexity index is 1060. The number of nitrogens with zero attached hydrogens (tertiary/aromatic N) is 4. The van der Waals surface area contributed by atoms with Crippen molar-refractivity contribution in [2.45, 2.75) is 32.6 Å². The molecule has 1 aromatic carbocycles. The van der Waals surface area contributed by atoms with Crippen molar-refractivity contribution in [2.24, 2.45) is 0 Å². The fourth-order valence-corrected chi connectivity index (χ4v) is 3.80. The first-order valence-corrected chi connectivity index (χ1v) is 10.1. The van der Waals surface area contributed by atoms with E-state index in [9.17, 15) is 9.18 Å². The number of rotatable bonds is 4. The van der Waals surface area contributed by atoms with Crippen LogP contribution in [0.15, 0.2) is 48.8 Å². The highest BCUT2D eigenvalue weighted by Crippen LogP contribution is 2.32. The van der Waals surface area contributed by atoms with Crippen LogP contribution in [-0.4, -0.2) is 38.8 Å². The second kappa shape index (κ2) is 8.57. The third-order valence-electron chi connectivity index (χ3n) is 5.42. The predicted octanol–water partition coefficient (Wildman–Crippen LogP) is 4.46. The number of amides is 1. The van der Waals surface area contributed by atoms with Gasteiger partial charge in [0.1, 0.15) is 17.5 Å². The zero-order valence-electron chi connectivity index (χ0n) is 17.1. The minimum Gasteiger partial charge on any atom is -0.342 e. The molecule has 1 atom stereocenters. The van der Waals surface area contributed by atoms with Crippen LogP contribution in [0.1, 0.15) is 37.1 Å². The summed E-state index contributed by atoms with van der Waals surface area (Å²) in [5.74, 6) is 1.11. The zero-order valence-corrected chi connectivity index (χ0v) is 17.1. The molecule has 1 aliphatic rings. The van der Waals surface area contributed by atoms with Crippen LogP contribution in [0.4, 0.5) is 15.9 Å². The molecular formula is C23H24FN5O. The number of likely N-dealkylation sites (tertiary alicyclic amines) is 1. The molecule has 3 heterocycles. The molecular weight excluding hydrogens is 381 g/mol. The SMILES string of the molecule is CC(=O)N1CCCC(c2nc(Nc3cccc(F)c3)c(C)c(-c3cccnc3)n2)C1. The molecule has 1 unspecified atom stereocenters. The standard InChI is InChI=1S/C23H24FN5O/c1-15-21(17-6-4-10-25-13-17)27-23(18-7-5-11-29(14-18)16(2)30)28-22(15)26-20-9-3-8-19(24)12-20/h3-4,6,8-10,12-13,18H,5,7,11,14H2,1-2H3,(H,26,27,28). The molecule has 0 saturated carbocycles. The van der Waals surface area contributed by atoms with E-state index >= 15 is 0 Å². The maximum Gasteiger partial charge on any atom is 0.219 e. The van der Waals surface area contributed by atoms with E-state index in [1.54, 1.807) is 31.5 Å². The van der Waals surface area contributed by atoms with Gasteiger partial charge in [0.25, 0.3) is 0 Å². The largest absolute Gasteiger partial charge is 0.342 e. The van der Waals surface area contributed by atoms with Crippen LogP contribution in [0.5, 0.6) is 0 Å². The van der Waals surface area contributed by atoms with Crippen LogP contribution in [0.2, 0.25) is 0 Å². The summed E-state index contributed by atoms with van der Waals surface area (Å²) in [6, 6.07) is 10.1. The Morgan fingerprint density at radius 3 is 2.83 bits per heavy atom. The van der Waals surface area contributed by atoms with Crippen LogP contribution >= 0.6 is 0 Å². The third kappa shape index (κ3) is 4.30. The molecule has 0 radical (unpaired) electrons. The molecule has 2 aromatic heterocycles. The number of anilines is 2. The van der Waals surface area contributed by atoms with Gasteiger partial charge in [0.05, 0.1) is 5.69 Å². The second-order valence-electron chi connectivity index (χ2n) is 7.59. The van der Waals surface area contributed by atoms with Gasteiger partial charge < -0.3 is 10.2 Å². The first kappa shape index (κ1) is 19.9. The Morgan fingerprint density at radius 1 is 1.23 bits per heavy atom. The lowest BCUT2D eigenvalue weighted by molar-refractivity contribution is -0.130. The van der Waals surface area contributed by atoms with Crippen LogP contribution in [0.25, 0.3) is 11.3 Å². The van der Waals surface area contributed by atoms with Crippen LogP contribution < -0.4 is 5.32 Å². The van der Waals surface area contributed by atoms with E-state index in [2.05, 4.69) is 10.3 Å². The Morgan fingerprint density at radius 2 is 2.10 bits per heavy atom. The van der Waals surface area contributed by atoms with Crippen molar-refractivity contribution >= 4 is 17.4 Å². The van der Waals surface area contributed by atoms with Gasteiger partial charge in [-0.25, -0.2) is 14.4 Å². The second-order valence-corrected chi connectivity index (χ2v) is 7.59. The third-order valence-corrected chi connectivity index (χ3v) is 5.42. The van der Waals surface area contributed by atoms with E-state index in [0.717, 1.165) is 36.2 Å². The quantitative estimate of drug-likeness (QED) is 0.694. The summed E-state index contributed by atoms with van der Waals surface area (Å²) in [5.41, 5.74) is 3.15. The molecule has 0 spiro atoms. The topological polar surface area (TPSA) is 71.0 Å². The van der Waals surface area contributed by atoms with Gasteiger partial charge in [-0.15, -0.1) is 0 Å². The number of benzene rings is 1. The maximum atomic E-state index is 13.7. The van der Waals surface area contributed by atoms with E-state index in [-0.39, 0.29) is 17.6 Å². The first-order chi connectivity index (χ1) is 14.5. The Kier molecular flexibility index (Phi) is 5.70. The smallest absolute Gasteiger partial charge is 0.219 e. The molecule has 1 N–H and O–H groups in total. The van der Waals surface area contributed by atoms with E-state index in [4.69, 9.17) is 9.97 Å². The van der Waals surface area contributed by atoms with Crippen LogP contribution in [0, 0.1) is 12.7 Å². The van der Waals surface area contributed by atoms with Gasteiger partial charge in [0.2, 0.25) is 5.91 Å². The highest BCUT2D eigenvalue weighted by Gasteiger charge is 2.26. The molecule has 6 nitrogen and oxygen atoms in total. The number of hydrogen-bond donors (Lipinski definition) is 1. The summed E-state index contributed by atoms with van der Waals surface area (Å²) >= 11 is 0. The van der Waals surface area contributed by atoms with Gasteiger partial charge in [-0.1, -0.05) is 6.07 Å². The van der Waals surface area contributed by atoms with Crippen molar-refractivity contribution in [2.75, 3.05) is 18.4 Å². The average molecular weight is 405 g/mol. The first-order valence-electron chi connectivity index (χ1n) is 10.1. The van der Waals surface area contributed by atoms with Crippen molar-refractivity contribution in [3.63, 3.8) is 0 Å². The minimum atomic E-state index is -0.316. The lowest BCUT2D eigenvalue weighted by Crippen LogP contribution is -2.38. The normalized spacial score (nSPS) is 16.4. The number of aromatic nitrogens is 3. The highest BCUT2D eigenvalue weighted by molar-refractivity contribution is 5.73. The Hall–Kier alpha value is -3.35. The highest BCUT2D eigenvalue weighted by atomic mass is 19.1. The van der Waals surface area contributed by atoms with Crippen molar-refractivity contribution in [1.29, 1.82) is 0 Å². The van der Waals surface area contributed by atoms with E-state index < -0.39 is 0 Å². The molecule has 0 aliphatic carbocycles. The summed E-state index contributed by atoms with van der Waals surface area (Å²) in [6.07, 6.45) is 5.32. The van der Waals surface area contributed by atoms with Gasteiger partial charge in [0.15, 0.2) is 0 Å². The van der Waals surface area contributed by atoms with E-state index in [1.165, 1.54) is 12.1 Å².